The molecule has 3 N–H and O–H groups in total. The van der Waals surface area contributed by atoms with E-state index >= 15 is 0 Å². The molecule has 0 saturated carbocycles. The standard InChI is InChI=1S/C17H20N2O2/c1-11-13(8-6-9-15(11)18)17(20)19-12(2)14-7-4-5-10-16(14)21-3/h4-10,12H,18H2,1-3H3,(H,19,20). The van der Waals surface area contributed by atoms with Crippen LogP contribution in [-0.2, 0) is 0 Å². The number of nitrogens with one attached hydrogen (secondary N) is 1. The molecule has 1 unspecified atom stereocenters. The lowest BCUT2D eigenvalue weighted by molar-refractivity contribution is 0.0939. The second-order valence-electron chi connectivity index (χ2n) is 4.96. The molecule has 21 heavy (non-hydrogen) atoms. The molecule has 4 nitrogen and oxygen atoms in total. The highest BCUT2D eigenvalue weighted by Crippen LogP contribution is 2.25. The summed E-state index contributed by atoms with van der Waals surface area (Å²) in [5, 5.41) is 2.98. The summed E-state index contributed by atoms with van der Waals surface area (Å²) in [6.45, 7) is 3.77. The Morgan fingerprint density at radius 3 is 2.62 bits per heavy atom. The predicted molar refractivity (Wildman–Crippen MR) is 84.5 cm³/mol. The smallest absolute Gasteiger partial charge is 0.252 e. The summed E-state index contributed by atoms with van der Waals surface area (Å²) in [5.41, 5.74) is 8.79. The largest absolute Gasteiger partial charge is 0.496 e. The Balaban J connectivity index is 2.21. The molecule has 2 aromatic carbocycles. The fourth-order valence-electron chi connectivity index (χ4n) is 2.28. The Hall–Kier alpha value is -2.49. The highest BCUT2D eigenvalue weighted by atomic mass is 16.5. The maximum atomic E-state index is 12.4. The van der Waals surface area contributed by atoms with Crippen molar-refractivity contribution in [3.63, 3.8) is 0 Å². The molecule has 0 aromatic heterocycles. The molecule has 0 aliphatic rings. The molecule has 1 atom stereocenters. The molecule has 0 heterocycles. The highest BCUT2D eigenvalue weighted by molar-refractivity contribution is 5.97. The molecule has 0 bridgehead atoms. The SMILES string of the molecule is COc1ccccc1C(C)NC(=O)c1cccc(N)c1C. The number of carbonyl (C=O) groups excluding carboxylic acids is 1. The number of carbonyl (C=O) groups is 1. The zero-order valence-corrected chi connectivity index (χ0v) is 12.5. The average molecular weight is 284 g/mol. The molecule has 0 fully saturated rings. The van der Waals surface area contributed by atoms with E-state index in [-0.39, 0.29) is 11.9 Å². The second kappa shape index (κ2) is 6.31. The van der Waals surface area contributed by atoms with Crippen molar-refractivity contribution in [2.45, 2.75) is 19.9 Å². The number of rotatable bonds is 4. The van der Waals surface area contributed by atoms with Crippen LogP contribution < -0.4 is 15.8 Å². The molecule has 0 aliphatic heterocycles. The summed E-state index contributed by atoms with van der Waals surface area (Å²) in [4.78, 5) is 12.4. The molecule has 0 saturated heterocycles. The van der Waals surface area contributed by atoms with Gasteiger partial charge in [0.05, 0.1) is 13.2 Å². The summed E-state index contributed by atoms with van der Waals surface area (Å²) in [7, 11) is 1.62. The third-order valence-electron chi connectivity index (χ3n) is 3.57. The zero-order valence-electron chi connectivity index (χ0n) is 12.5. The van der Waals surface area contributed by atoms with Crippen molar-refractivity contribution in [3.05, 3.63) is 59.2 Å². The van der Waals surface area contributed by atoms with E-state index in [2.05, 4.69) is 5.32 Å². The third-order valence-corrected chi connectivity index (χ3v) is 3.57. The van der Waals surface area contributed by atoms with Crippen LogP contribution in [0.25, 0.3) is 0 Å². The fraction of sp³-hybridized carbons (Fsp3) is 0.235. The van der Waals surface area contributed by atoms with Crippen LogP contribution in [0.5, 0.6) is 5.75 Å². The second-order valence-corrected chi connectivity index (χ2v) is 4.96. The minimum Gasteiger partial charge on any atom is -0.496 e. The Morgan fingerprint density at radius 2 is 1.90 bits per heavy atom. The first-order chi connectivity index (χ1) is 10.0. The van der Waals surface area contributed by atoms with Crippen molar-refractivity contribution < 1.29 is 9.53 Å². The van der Waals surface area contributed by atoms with Crippen molar-refractivity contribution in [1.82, 2.24) is 5.32 Å². The van der Waals surface area contributed by atoms with Crippen molar-refractivity contribution in [2.24, 2.45) is 0 Å². The molecule has 0 radical (unpaired) electrons. The number of nitrogen functional groups attached to an aromatic ring is 1. The first-order valence-corrected chi connectivity index (χ1v) is 6.83. The topological polar surface area (TPSA) is 64.3 Å². The molecule has 110 valence electrons. The van der Waals surface area contributed by atoms with E-state index in [1.807, 2.05) is 38.1 Å². The monoisotopic (exact) mass is 284 g/mol. The molecular weight excluding hydrogens is 264 g/mol. The van der Waals surface area contributed by atoms with Gasteiger partial charge in [-0.1, -0.05) is 24.3 Å². The molecular formula is C17H20N2O2. The van der Waals surface area contributed by atoms with Crippen LogP contribution in [0.15, 0.2) is 42.5 Å². The number of hydrogen-bond donors (Lipinski definition) is 2. The van der Waals surface area contributed by atoms with Gasteiger partial charge in [0.1, 0.15) is 5.75 Å². The number of hydrogen-bond acceptors (Lipinski definition) is 3. The van der Waals surface area contributed by atoms with Crippen LogP contribution in [0.4, 0.5) is 5.69 Å². The van der Waals surface area contributed by atoms with Crippen LogP contribution in [0.3, 0.4) is 0 Å². The van der Waals surface area contributed by atoms with Gasteiger partial charge in [-0.05, 0) is 37.6 Å². The van der Waals surface area contributed by atoms with Crippen LogP contribution in [0.2, 0.25) is 0 Å². The van der Waals surface area contributed by atoms with Gasteiger partial charge in [-0.2, -0.15) is 0 Å². The predicted octanol–water partition coefficient (Wildman–Crippen LogP) is 3.08. The van der Waals surface area contributed by atoms with E-state index in [9.17, 15) is 4.79 Å². The maximum absolute atomic E-state index is 12.4. The number of benzene rings is 2. The van der Waals surface area contributed by atoms with Gasteiger partial charge in [-0.15, -0.1) is 0 Å². The molecule has 4 heteroatoms. The van der Waals surface area contributed by atoms with Gasteiger partial charge in [-0.3, -0.25) is 4.79 Å². The average Bonchev–Trinajstić information content (AvgIpc) is 2.49. The minimum atomic E-state index is -0.158. The number of anilines is 1. The Morgan fingerprint density at radius 1 is 1.19 bits per heavy atom. The van der Waals surface area contributed by atoms with Crippen LogP contribution >= 0.6 is 0 Å². The van der Waals surface area contributed by atoms with Gasteiger partial charge in [-0.25, -0.2) is 0 Å². The lowest BCUT2D eigenvalue weighted by Gasteiger charge is -2.18. The van der Waals surface area contributed by atoms with Gasteiger partial charge in [0, 0.05) is 16.8 Å². The number of nitrogens with two attached hydrogens (primary N) is 1. The van der Waals surface area contributed by atoms with Crippen LogP contribution in [0.1, 0.15) is 34.5 Å². The number of methoxy groups -OCH3 is 1. The first kappa shape index (κ1) is 14.9. The zero-order chi connectivity index (χ0) is 15.4. The van der Waals surface area contributed by atoms with Gasteiger partial charge in [0.25, 0.3) is 5.91 Å². The van der Waals surface area contributed by atoms with E-state index < -0.39 is 0 Å². The Labute approximate surface area is 124 Å². The summed E-state index contributed by atoms with van der Waals surface area (Å²) in [5.74, 6) is 0.618. The summed E-state index contributed by atoms with van der Waals surface area (Å²) in [6, 6.07) is 12.8. The molecule has 1 amide bonds. The van der Waals surface area contributed by atoms with Gasteiger partial charge >= 0.3 is 0 Å². The summed E-state index contributed by atoms with van der Waals surface area (Å²) >= 11 is 0. The van der Waals surface area contributed by atoms with Gasteiger partial charge < -0.3 is 15.8 Å². The molecule has 0 spiro atoms. The van der Waals surface area contributed by atoms with Crippen molar-refractivity contribution in [1.29, 1.82) is 0 Å². The number of para-hydroxylation sites is 1. The Kier molecular flexibility index (Phi) is 4.48. The third kappa shape index (κ3) is 3.16. The van der Waals surface area contributed by atoms with Crippen LogP contribution in [0, 0.1) is 6.92 Å². The Bertz CT molecular complexity index is 653. The van der Waals surface area contributed by atoms with E-state index in [1.54, 1.807) is 25.3 Å². The van der Waals surface area contributed by atoms with E-state index in [1.165, 1.54) is 0 Å². The van der Waals surface area contributed by atoms with E-state index in [4.69, 9.17) is 10.5 Å². The van der Waals surface area contributed by atoms with E-state index in [0.29, 0.717) is 11.3 Å². The van der Waals surface area contributed by atoms with E-state index in [0.717, 1.165) is 16.9 Å². The number of ether oxygens (including phenoxy) is 1. The minimum absolute atomic E-state index is 0.141. The normalized spacial score (nSPS) is 11.8. The molecule has 2 aromatic rings. The van der Waals surface area contributed by atoms with Crippen molar-refractivity contribution in [3.8, 4) is 5.75 Å². The van der Waals surface area contributed by atoms with Gasteiger partial charge in [0.15, 0.2) is 0 Å². The van der Waals surface area contributed by atoms with Gasteiger partial charge in [0.2, 0.25) is 0 Å². The first-order valence-electron chi connectivity index (χ1n) is 6.83. The highest BCUT2D eigenvalue weighted by Gasteiger charge is 2.16. The summed E-state index contributed by atoms with van der Waals surface area (Å²) in [6.07, 6.45) is 0. The number of amides is 1. The lowest BCUT2D eigenvalue weighted by atomic mass is 10.0. The van der Waals surface area contributed by atoms with Crippen molar-refractivity contribution >= 4 is 11.6 Å². The maximum Gasteiger partial charge on any atom is 0.252 e. The molecule has 0 aliphatic carbocycles. The summed E-state index contributed by atoms with van der Waals surface area (Å²) < 4.78 is 5.33. The molecule has 2 rings (SSSR count). The fourth-order valence-corrected chi connectivity index (χ4v) is 2.28. The quantitative estimate of drug-likeness (QED) is 0.848. The lowest BCUT2D eigenvalue weighted by Crippen LogP contribution is -2.27. The van der Waals surface area contributed by atoms with Crippen LogP contribution in [-0.4, -0.2) is 13.0 Å². The van der Waals surface area contributed by atoms with Crippen molar-refractivity contribution in [2.75, 3.05) is 12.8 Å².